The minimum Gasteiger partial charge on any atom is -0.652 e. The molecule has 0 rings (SSSR count). The minimum atomic E-state index is -2.33. The molecule has 0 bridgehead atoms. The molecule has 0 aromatic heterocycles. The number of hydrogen-bond donors (Lipinski definition) is 0. The first-order valence-corrected chi connectivity index (χ1v) is 1.76. The summed E-state index contributed by atoms with van der Waals surface area (Å²) >= 11 is 0. The van der Waals surface area contributed by atoms with Gasteiger partial charge >= 0.3 is 37.7 Å². The Morgan fingerprint density at radius 2 is 1.33 bits per heavy atom. The smallest absolute Gasteiger partial charge is 0.652 e. The van der Waals surface area contributed by atoms with Crippen LogP contribution in [0, 0.1) is 0 Å². The second-order valence-corrected chi connectivity index (χ2v) is 0.721. The second kappa shape index (κ2) is 15.7. The van der Waals surface area contributed by atoms with Crippen molar-refractivity contribution in [2.75, 3.05) is 0 Å². The number of carbonyl (C=O) groups is 1. The van der Waals surface area contributed by atoms with Gasteiger partial charge in [0.05, 0.1) is 0 Å². The molecule has 0 heterocycles. The average molecular weight is 154 g/mol. The van der Waals surface area contributed by atoms with Crippen LogP contribution in [-0.2, 0) is 0 Å². The molecule has 0 saturated heterocycles. The first-order chi connectivity index (χ1) is 3.65. The molecule has 4 heteroatoms. The van der Waals surface area contributed by atoms with Gasteiger partial charge in [0.1, 0.15) is 0 Å². The zero-order valence-corrected chi connectivity index (χ0v) is 7.21. The molecule has 0 radical (unpaired) electrons. The molecular formula is C5H6CaO3. The molecule has 9 heavy (non-hydrogen) atoms. The van der Waals surface area contributed by atoms with Crippen molar-refractivity contribution in [2.24, 2.45) is 0 Å². The molecule has 0 saturated carbocycles. The van der Waals surface area contributed by atoms with E-state index < -0.39 is 6.16 Å². The zero-order valence-electron chi connectivity index (χ0n) is 5.00. The molecule has 0 aromatic rings. The Labute approximate surface area is 83.7 Å². The maximum absolute atomic E-state index is 8.33. The van der Waals surface area contributed by atoms with E-state index in [-0.39, 0.29) is 37.7 Å². The summed E-state index contributed by atoms with van der Waals surface area (Å²) in [4.78, 5) is 8.33. The third kappa shape index (κ3) is 284. The monoisotopic (exact) mass is 154 g/mol. The Morgan fingerprint density at radius 1 is 1.22 bits per heavy atom. The van der Waals surface area contributed by atoms with Gasteiger partial charge in [0, 0.05) is 0 Å². The average Bonchev–Trinajstić information content (AvgIpc) is 1.65. The molecule has 0 N–H and O–H groups in total. The molecule has 0 atom stereocenters. The van der Waals surface area contributed by atoms with E-state index >= 15 is 0 Å². The minimum absolute atomic E-state index is 0. The quantitative estimate of drug-likeness (QED) is 0.342. The largest absolute Gasteiger partial charge is 2.00 e. The summed E-state index contributed by atoms with van der Waals surface area (Å²) in [5.74, 6) is 0. The number of carboxylic acid groups (broad SMARTS) is 2. The molecule has 0 aliphatic rings. The van der Waals surface area contributed by atoms with Crippen molar-refractivity contribution in [1.29, 1.82) is 0 Å². The maximum atomic E-state index is 8.33. The van der Waals surface area contributed by atoms with Gasteiger partial charge in [-0.2, -0.15) is 0 Å². The van der Waals surface area contributed by atoms with Gasteiger partial charge in [-0.3, -0.25) is 0 Å². The molecule has 0 fully saturated rings. The van der Waals surface area contributed by atoms with E-state index in [4.69, 9.17) is 15.0 Å². The number of allylic oxidation sites excluding steroid dienone is 2. The van der Waals surface area contributed by atoms with Gasteiger partial charge in [-0.1, -0.05) is 25.3 Å². The van der Waals surface area contributed by atoms with Crippen molar-refractivity contribution in [3.8, 4) is 0 Å². The fourth-order valence-corrected chi connectivity index (χ4v) is 0. The fourth-order valence-electron chi connectivity index (χ4n) is 0. The summed E-state index contributed by atoms with van der Waals surface area (Å²) in [5.41, 5.74) is 0. The van der Waals surface area contributed by atoms with Gasteiger partial charge < -0.3 is 15.0 Å². The molecule has 0 aromatic carbocycles. The number of rotatable bonds is 1. The van der Waals surface area contributed by atoms with Crippen LogP contribution in [0.3, 0.4) is 0 Å². The van der Waals surface area contributed by atoms with Gasteiger partial charge in [0.2, 0.25) is 0 Å². The van der Waals surface area contributed by atoms with E-state index in [1.807, 2.05) is 0 Å². The molecular weight excluding hydrogens is 148 g/mol. The van der Waals surface area contributed by atoms with Crippen molar-refractivity contribution in [2.45, 2.75) is 0 Å². The number of hydrogen-bond acceptors (Lipinski definition) is 3. The Hall–Kier alpha value is 0.00974. The summed E-state index contributed by atoms with van der Waals surface area (Å²) in [6.07, 6.45) is 0.944. The first kappa shape index (κ1) is 16.0. The van der Waals surface area contributed by atoms with Gasteiger partial charge in [-0.15, -0.1) is 0 Å². The SMILES string of the molecule is C=CC=C.O=C([O-])[O-].[Ca+2]. The summed E-state index contributed by atoms with van der Waals surface area (Å²) in [6.45, 7) is 6.72. The molecule has 46 valence electrons. The van der Waals surface area contributed by atoms with E-state index in [0.29, 0.717) is 0 Å². The Morgan fingerprint density at radius 3 is 1.33 bits per heavy atom. The van der Waals surface area contributed by atoms with Gasteiger partial charge in [0.25, 0.3) is 0 Å². The van der Waals surface area contributed by atoms with Crippen LogP contribution in [0.25, 0.3) is 0 Å². The third-order valence-electron chi connectivity index (χ3n) is 0.167. The van der Waals surface area contributed by atoms with Crippen LogP contribution < -0.4 is 10.2 Å². The van der Waals surface area contributed by atoms with Gasteiger partial charge in [0.15, 0.2) is 0 Å². The molecule has 0 aliphatic carbocycles. The molecule has 0 unspecified atom stereocenters. The van der Waals surface area contributed by atoms with Crippen LogP contribution in [0.5, 0.6) is 0 Å². The third-order valence-corrected chi connectivity index (χ3v) is 0.167. The summed E-state index contributed by atoms with van der Waals surface area (Å²) in [5, 5.41) is 16.7. The van der Waals surface area contributed by atoms with Gasteiger partial charge in [-0.25, -0.2) is 0 Å². The number of carbonyl (C=O) groups excluding carboxylic acids is 1. The first-order valence-electron chi connectivity index (χ1n) is 1.76. The van der Waals surface area contributed by atoms with Crippen LogP contribution in [0.4, 0.5) is 4.79 Å². The Balaban J connectivity index is -0.0000000720. The van der Waals surface area contributed by atoms with E-state index in [1.54, 1.807) is 12.2 Å². The summed E-state index contributed by atoms with van der Waals surface area (Å²) < 4.78 is 0. The topological polar surface area (TPSA) is 63.2 Å². The van der Waals surface area contributed by atoms with Crippen LogP contribution in [0.15, 0.2) is 25.3 Å². The van der Waals surface area contributed by atoms with Crippen molar-refractivity contribution >= 4 is 43.9 Å². The van der Waals surface area contributed by atoms with Crippen LogP contribution in [-0.4, -0.2) is 43.9 Å². The normalized spacial score (nSPS) is 4.89. The summed E-state index contributed by atoms with van der Waals surface area (Å²) in [7, 11) is 0. The predicted octanol–water partition coefficient (Wildman–Crippen LogP) is -1.47. The van der Waals surface area contributed by atoms with E-state index in [1.165, 1.54) is 0 Å². The van der Waals surface area contributed by atoms with E-state index in [9.17, 15) is 0 Å². The van der Waals surface area contributed by atoms with E-state index in [2.05, 4.69) is 13.2 Å². The van der Waals surface area contributed by atoms with Crippen molar-refractivity contribution in [3.05, 3.63) is 25.3 Å². The maximum Gasteiger partial charge on any atom is 2.00 e. The molecule has 0 aliphatic heterocycles. The van der Waals surface area contributed by atoms with E-state index in [0.717, 1.165) is 0 Å². The Kier molecular flexibility index (Phi) is 27.9. The van der Waals surface area contributed by atoms with Crippen LogP contribution >= 0.6 is 0 Å². The predicted molar refractivity (Wildman–Crippen MR) is 31.5 cm³/mol. The van der Waals surface area contributed by atoms with Crippen LogP contribution in [0.2, 0.25) is 0 Å². The van der Waals surface area contributed by atoms with Gasteiger partial charge in [-0.05, 0) is 6.16 Å². The van der Waals surface area contributed by atoms with Crippen molar-refractivity contribution in [3.63, 3.8) is 0 Å². The molecule has 0 spiro atoms. The Bertz CT molecular complexity index is 80.2. The molecule has 0 amide bonds. The standard InChI is InChI=1S/C4H6.CH2O3.Ca/c1-3-4-2;2-1(3)4;/h3-4H,1-2H2;(H2,2,3,4);/q;;+2/p-2. The fraction of sp³-hybridized carbons (Fsp3) is 0. The molecule has 3 nitrogen and oxygen atoms in total. The zero-order chi connectivity index (χ0) is 6.99. The van der Waals surface area contributed by atoms with Crippen molar-refractivity contribution < 1.29 is 15.0 Å². The van der Waals surface area contributed by atoms with Crippen molar-refractivity contribution in [1.82, 2.24) is 0 Å². The second-order valence-electron chi connectivity index (χ2n) is 0.721. The van der Waals surface area contributed by atoms with Crippen LogP contribution in [0.1, 0.15) is 0 Å². The summed E-state index contributed by atoms with van der Waals surface area (Å²) in [6, 6.07) is 0.